The second-order valence-corrected chi connectivity index (χ2v) is 4.22. The molecule has 3 unspecified atom stereocenters. The summed E-state index contributed by atoms with van der Waals surface area (Å²) in [5, 5.41) is 9.54. The molecule has 8 heteroatoms. The Kier molecular flexibility index (Phi) is 4.50. The Bertz CT molecular complexity index is 579. The summed E-state index contributed by atoms with van der Waals surface area (Å²) in [4.78, 5) is 7.91. The predicted molar refractivity (Wildman–Crippen MR) is 61.3 cm³/mol. The number of hydrogen-bond acceptors (Lipinski definition) is 5. The van der Waals surface area contributed by atoms with E-state index in [4.69, 9.17) is 15.6 Å². The predicted octanol–water partition coefficient (Wildman–Crippen LogP) is 0.429. The van der Waals surface area contributed by atoms with E-state index < -0.39 is 18.5 Å². The van der Waals surface area contributed by atoms with Crippen molar-refractivity contribution in [3.05, 3.63) is 18.6 Å². The molecule has 3 rings (SSSR count). The quantitative estimate of drug-likeness (QED) is 0.775. The summed E-state index contributed by atoms with van der Waals surface area (Å²) in [7, 11) is 0. The summed E-state index contributed by atoms with van der Waals surface area (Å²) in [5.41, 5.74) is 6.17. The summed E-state index contributed by atoms with van der Waals surface area (Å²) in [5.74, 6) is 0.297. The molecule has 2 aromatic heterocycles. The van der Waals surface area contributed by atoms with Gasteiger partial charge in [0.15, 0.2) is 6.23 Å². The van der Waals surface area contributed by atoms with Crippen molar-refractivity contribution < 1.29 is 46.9 Å². The van der Waals surface area contributed by atoms with Gasteiger partial charge in [-0.3, -0.25) is 9.97 Å². The van der Waals surface area contributed by atoms with Gasteiger partial charge in [0.05, 0.1) is 19.0 Å². The molecule has 99 valence electrons. The van der Waals surface area contributed by atoms with Crippen LogP contribution < -0.4 is 5.73 Å². The van der Waals surface area contributed by atoms with Crippen molar-refractivity contribution in [2.75, 3.05) is 12.3 Å². The summed E-state index contributed by atoms with van der Waals surface area (Å²) < 4.78 is 20.8. The van der Waals surface area contributed by atoms with E-state index in [1.807, 2.05) is 0 Å². The number of aliphatic hydroxyl groups excluding tert-OH is 1. The Morgan fingerprint density at radius 3 is 3.05 bits per heavy atom. The largest absolute Gasteiger partial charge is 0.434 e. The first-order chi connectivity index (χ1) is 8.70. The molecule has 2 aromatic rings. The summed E-state index contributed by atoms with van der Waals surface area (Å²) in [6.07, 6.45) is 0.552. The molecule has 1 aliphatic heterocycles. The van der Waals surface area contributed by atoms with Gasteiger partial charge in [0.25, 0.3) is 0 Å². The van der Waals surface area contributed by atoms with Gasteiger partial charge in [-0.25, -0.2) is 4.39 Å². The smallest absolute Gasteiger partial charge is 0.156 e. The van der Waals surface area contributed by atoms with Gasteiger partial charge in [0.1, 0.15) is 6.17 Å². The Morgan fingerprint density at radius 1 is 1.58 bits per heavy atom. The molecular weight excluding hydrogens is 328 g/mol. The van der Waals surface area contributed by atoms with E-state index >= 15 is 0 Å². The van der Waals surface area contributed by atoms with E-state index in [9.17, 15) is 4.39 Å². The fraction of sp³-hybridized carbons (Fsp3) is 0.455. The van der Waals surface area contributed by atoms with E-state index in [1.165, 1.54) is 10.9 Å². The number of fused-ring (bicyclic) bond motifs is 1. The summed E-state index contributed by atoms with van der Waals surface area (Å²) in [6.45, 7) is -0.197. The summed E-state index contributed by atoms with van der Waals surface area (Å²) in [6, 6.07) is 2.89. The number of ether oxygens (including phenoxy) is 1. The maximum atomic E-state index is 13.9. The van der Waals surface area contributed by atoms with Crippen LogP contribution in [0.2, 0.25) is 0 Å². The Balaban J connectivity index is 0.00000133. The maximum absolute atomic E-state index is 13.9. The zero-order valence-corrected chi connectivity index (χ0v) is 12.9. The van der Waals surface area contributed by atoms with E-state index in [0.29, 0.717) is 16.9 Å². The van der Waals surface area contributed by atoms with Gasteiger partial charge in [-0.1, -0.05) is 6.20 Å². The number of nitrogens with zero attached hydrogens (tertiary/aromatic N) is 3. The fourth-order valence-electron chi connectivity index (χ4n) is 2.18. The van der Waals surface area contributed by atoms with Crippen molar-refractivity contribution in [1.29, 1.82) is 0 Å². The average molecular weight is 340 g/mol. The van der Waals surface area contributed by atoms with Gasteiger partial charge in [0.2, 0.25) is 0 Å². The van der Waals surface area contributed by atoms with E-state index in [2.05, 4.69) is 16.0 Å². The number of hydrogen-bond donors (Lipinski definition) is 2. The van der Waals surface area contributed by atoms with Crippen molar-refractivity contribution in [3.8, 4) is 0 Å². The van der Waals surface area contributed by atoms with Crippen LogP contribution in [0.25, 0.3) is 11.0 Å². The monoisotopic (exact) mass is 340 g/mol. The minimum Gasteiger partial charge on any atom is -0.434 e. The number of aliphatic hydroxyl groups is 1. The van der Waals surface area contributed by atoms with Crippen LogP contribution in [0.15, 0.2) is 12.5 Å². The molecule has 3 N–H and O–H groups in total. The molecule has 0 aliphatic carbocycles. The third kappa shape index (κ3) is 2.52. The molecule has 1 saturated heterocycles. The molecule has 1 aliphatic rings. The van der Waals surface area contributed by atoms with Crippen LogP contribution in [-0.2, 0) is 37.4 Å². The van der Waals surface area contributed by atoms with E-state index in [1.54, 1.807) is 6.20 Å². The fourth-order valence-corrected chi connectivity index (χ4v) is 2.18. The van der Waals surface area contributed by atoms with Crippen LogP contribution in [0.4, 0.5) is 10.2 Å². The molecule has 6 nitrogen and oxygen atoms in total. The first-order valence-electron chi connectivity index (χ1n) is 5.59. The molecule has 3 atom stereocenters. The molecular formula is C11H12FN4O2Y-. The summed E-state index contributed by atoms with van der Waals surface area (Å²) >= 11 is 0. The Labute approximate surface area is 134 Å². The molecule has 19 heavy (non-hydrogen) atoms. The molecule has 0 bridgehead atoms. The van der Waals surface area contributed by atoms with Gasteiger partial charge < -0.3 is 20.1 Å². The van der Waals surface area contributed by atoms with Crippen LogP contribution in [0, 0.1) is 6.07 Å². The van der Waals surface area contributed by atoms with Crippen LogP contribution in [0.1, 0.15) is 12.6 Å². The van der Waals surface area contributed by atoms with Gasteiger partial charge in [-0.15, -0.1) is 5.39 Å². The SMILES string of the molecule is Nc1ncnc2c1[c-]cn2C1OC(CO)CC1F.[Y]. The van der Waals surface area contributed by atoms with Crippen molar-refractivity contribution >= 4 is 16.9 Å². The van der Waals surface area contributed by atoms with Crippen LogP contribution in [0.3, 0.4) is 0 Å². The maximum Gasteiger partial charge on any atom is 0.156 e. The number of rotatable bonds is 2. The van der Waals surface area contributed by atoms with Crippen molar-refractivity contribution in [3.63, 3.8) is 0 Å². The molecule has 0 spiro atoms. The molecule has 0 aromatic carbocycles. The minimum absolute atomic E-state index is 0. The van der Waals surface area contributed by atoms with Crippen molar-refractivity contribution in [2.24, 2.45) is 0 Å². The molecule has 0 amide bonds. The third-order valence-corrected chi connectivity index (χ3v) is 3.06. The third-order valence-electron chi connectivity index (χ3n) is 3.06. The van der Waals surface area contributed by atoms with Crippen LogP contribution in [0.5, 0.6) is 0 Å². The first-order valence-corrected chi connectivity index (χ1v) is 5.59. The van der Waals surface area contributed by atoms with Gasteiger partial charge in [0, 0.05) is 50.6 Å². The molecule has 1 radical (unpaired) electrons. The number of nitrogen functional groups attached to an aromatic ring is 1. The van der Waals surface area contributed by atoms with Crippen molar-refractivity contribution in [2.45, 2.75) is 24.9 Å². The topological polar surface area (TPSA) is 86.2 Å². The van der Waals surface area contributed by atoms with Gasteiger partial charge >= 0.3 is 0 Å². The number of nitrogens with two attached hydrogens (primary N) is 1. The second kappa shape index (κ2) is 5.79. The Hall–Kier alpha value is -0.626. The van der Waals surface area contributed by atoms with Gasteiger partial charge in [-0.2, -0.15) is 6.07 Å². The van der Waals surface area contributed by atoms with Crippen LogP contribution in [-0.4, -0.2) is 38.5 Å². The van der Waals surface area contributed by atoms with Crippen molar-refractivity contribution in [1.82, 2.24) is 14.5 Å². The Morgan fingerprint density at radius 2 is 2.37 bits per heavy atom. The standard InChI is InChI=1S/C11H12FN4O2.Y/c12-8-3-6(4-17)18-11(8)16-2-1-7-9(13)14-5-15-10(7)16;/h2,5-6,8,11,17H,3-4H2,(H2,13,14,15);/q-1;. The molecule has 0 saturated carbocycles. The number of halogens is 1. The number of aromatic nitrogens is 3. The normalized spacial score (nSPS) is 26.5. The average Bonchev–Trinajstić information content (AvgIpc) is 2.93. The number of anilines is 1. The zero-order valence-electron chi connectivity index (χ0n) is 10.0. The first kappa shape index (κ1) is 14.8. The zero-order chi connectivity index (χ0) is 12.7. The van der Waals surface area contributed by atoms with E-state index in [-0.39, 0.29) is 45.7 Å². The van der Waals surface area contributed by atoms with Crippen LogP contribution >= 0.6 is 0 Å². The van der Waals surface area contributed by atoms with Gasteiger partial charge in [-0.05, 0) is 0 Å². The molecule has 1 fully saturated rings. The minimum atomic E-state index is -1.19. The second-order valence-electron chi connectivity index (χ2n) is 4.22. The van der Waals surface area contributed by atoms with E-state index in [0.717, 1.165) is 0 Å². The number of alkyl halides is 1. The molecule has 3 heterocycles.